The molecule has 2 heterocycles. The van der Waals surface area contributed by atoms with Crippen LogP contribution in [0.1, 0.15) is 51.2 Å². The molecule has 3 nitrogen and oxygen atoms in total. The van der Waals surface area contributed by atoms with Crippen LogP contribution < -0.4 is 0 Å². The smallest absolute Gasteiger partial charge is 0.115 e. The van der Waals surface area contributed by atoms with E-state index in [2.05, 4.69) is 31.7 Å². The van der Waals surface area contributed by atoms with E-state index >= 15 is 0 Å². The molecule has 132 valence electrons. The second kappa shape index (κ2) is 6.03. The van der Waals surface area contributed by atoms with Crippen molar-refractivity contribution in [2.75, 3.05) is 19.7 Å². The number of rotatable bonds is 3. The van der Waals surface area contributed by atoms with Gasteiger partial charge in [0.15, 0.2) is 0 Å². The van der Waals surface area contributed by atoms with Crippen molar-refractivity contribution in [2.45, 2.75) is 64.0 Å². The number of hydrogen-bond donors (Lipinski definition) is 1. The molecule has 1 aromatic carbocycles. The van der Waals surface area contributed by atoms with Gasteiger partial charge in [-0.05, 0) is 72.7 Å². The minimum absolute atomic E-state index is 0.195. The lowest BCUT2D eigenvalue weighted by Gasteiger charge is -2.55. The summed E-state index contributed by atoms with van der Waals surface area (Å²) < 4.78 is 5.92. The third-order valence-electron chi connectivity index (χ3n) is 7.23. The van der Waals surface area contributed by atoms with Crippen molar-refractivity contribution in [3.8, 4) is 5.75 Å². The fourth-order valence-electron chi connectivity index (χ4n) is 5.46. The highest BCUT2D eigenvalue weighted by atomic mass is 16.5. The Balaban J connectivity index is 1.57. The minimum Gasteiger partial charge on any atom is -0.508 e. The van der Waals surface area contributed by atoms with Gasteiger partial charge in [-0.1, -0.05) is 26.8 Å². The summed E-state index contributed by atoms with van der Waals surface area (Å²) in [5.41, 5.74) is 3.02. The van der Waals surface area contributed by atoms with Crippen LogP contribution in [0.5, 0.6) is 5.75 Å². The Morgan fingerprint density at radius 3 is 3.00 bits per heavy atom. The molecule has 1 N–H and O–H groups in total. The molecular weight excluding hydrogens is 298 g/mol. The Kier molecular flexibility index (Phi) is 4.12. The van der Waals surface area contributed by atoms with Crippen LogP contribution in [0.3, 0.4) is 0 Å². The van der Waals surface area contributed by atoms with Crippen LogP contribution in [0.15, 0.2) is 18.2 Å². The van der Waals surface area contributed by atoms with E-state index in [1.807, 2.05) is 12.1 Å². The Labute approximate surface area is 146 Å². The Hall–Kier alpha value is -1.06. The lowest BCUT2D eigenvalue weighted by Crippen LogP contribution is -2.59. The van der Waals surface area contributed by atoms with Crippen LogP contribution in [0.4, 0.5) is 0 Å². The van der Waals surface area contributed by atoms with E-state index in [-0.39, 0.29) is 5.41 Å². The van der Waals surface area contributed by atoms with Crippen LogP contribution in [0, 0.1) is 11.8 Å². The molecular formula is C21H31NO2. The van der Waals surface area contributed by atoms with Gasteiger partial charge >= 0.3 is 0 Å². The first kappa shape index (κ1) is 16.4. The maximum Gasteiger partial charge on any atom is 0.115 e. The van der Waals surface area contributed by atoms with Gasteiger partial charge in [-0.3, -0.25) is 4.90 Å². The number of piperidine rings is 1. The topological polar surface area (TPSA) is 32.7 Å². The largest absolute Gasteiger partial charge is 0.508 e. The predicted molar refractivity (Wildman–Crippen MR) is 96.4 cm³/mol. The van der Waals surface area contributed by atoms with Gasteiger partial charge < -0.3 is 9.84 Å². The number of benzene rings is 1. The highest BCUT2D eigenvalue weighted by Crippen LogP contribution is 2.49. The highest BCUT2D eigenvalue weighted by Gasteiger charge is 2.48. The van der Waals surface area contributed by atoms with Gasteiger partial charge in [0.1, 0.15) is 5.75 Å². The fraction of sp³-hybridized carbons (Fsp3) is 0.714. The number of likely N-dealkylation sites (tertiary alicyclic amines) is 1. The zero-order valence-corrected chi connectivity index (χ0v) is 15.3. The fourth-order valence-corrected chi connectivity index (χ4v) is 5.46. The maximum absolute atomic E-state index is 9.95. The summed E-state index contributed by atoms with van der Waals surface area (Å²) in [5.74, 6) is 1.65. The average Bonchev–Trinajstić information content (AvgIpc) is 3.09. The summed E-state index contributed by atoms with van der Waals surface area (Å²) in [6, 6.07) is 6.64. The molecule has 0 spiro atoms. The predicted octanol–water partition coefficient (Wildman–Crippen LogP) is 3.73. The summed E-state index contributed by atoms with van der Waals surface area (Å²) in [4.78, 5) is 2.73. The van der Waals surface area contributed by atoms with Crippen molar-refractivity contribution in [2.24, 2.45) is 11.8 Å². The van der Waals surface area contributed by atoms with Crippen molar-refractivity contribution >= 4 is 0 Å². The molecule has 24 heavy (non-hydrogen) atoms. The molecule has 2 saturated heterocycles. The van der Waals surface area contributed by atoms with Crippen molar-refractivity contribution in [3.63, 3.8) is 0 Å². The van der Waals surface area contributed by atoms with Crippen molar-refractivity contribution in [3.05, 3.63) is 29.3 Å². The summed E-state index contributed by atoms with van der Waals surface area (Å²) in [5, 5.41) is 9.95. The van der Waals surface area contributed by atoms with E-state index in [9.17, 15) is 5.11 Å². The molecule has 1 aromatic rings. The maximum atomic E-state index is 9.95. The van der Waals surface area contributed by atoms with Gasteiger partial charge in [0.25, 0.3) is 0 Å². The summed E-state index contributed by atoms with van der Waals surface area (Å²) >= 11 is 0. The van der Waals surface area contributed by atoms with Crippen molar-refractivity contribution < 1.29 is 9.84 Å². The number of nitrogens with zero attached hydrogens (tertiary/aromatic N) is 1. The summed E-state index contributed by atoms with van der Waals surface area (Å²) in [6.45, 7) is 10.5. The standard InChI is InChI=1S/C21H31NO2/c1-14(20-5-4-10-24-20)13-22-9-8-21(3)15(2)19(22)11-16-6-7-17(23)12-18(16)21/h6-7,12,14-15,19-20,23H,4-5,8-11,13H2,1-3H3/t14?,15-,19+,20?,21+/m0/s1. The number of phenols is 1. The first-order valence-electron chi connectivity index (χ1n) is 9.67. The lowest BCUT2D eigenvalue weighted by molar-refractivity contribution is -0.00390. The van der Waals surface area contributed by atoms with Crippen LogP contribution in [0.2, 0.25) is 0 Å². The van der Waals surface area contributed by atoms with Crippen LogP contribution in [-0.2, 0) is 16.6 Å². The monoisotopic (exact) mass is 329 g/mol. The van der Waals surface area contributed by atoms with E-state index in [0.717, 1.165) is 26.1 Å². The third-order valence-corrected chi connectivity index (χ3v) is 7.23. The minimum atomic E-state index is 0.195. The molecule has 0 radical (unpaired) electrons. The van der Waals surface area contributed by atoms with Crippen molar-refractivity contribution in [1.82, 2.24) is 4.90 Å². The van der Waals surface area contributed by atoms with E-state index in [0.29, 0.717) is 29.7 Å². The zero-order chi connectivity index (χ0) is 16.9. The molecule has 0 aromatic heterocycles. The van der Waals surface area contributed by atoms with Gasteiger partial charge in [-0.2, -0.15) is 0 Å². The van der Waals surface area contributed by atoms with Gasteiger partial charge in [0.2, 0.25) is 0 Å². The van der Waals surface area contributed by atoms with E-state index in [1.54, 1.807) is 0 Å². The normalized spacial score (nSPS) is 37.2. The Morgan fingerprint density at radius 2 is 2.25 bits per heavy atom. The summed E-state index contributed by atoms with van der Waals surface area (Å²) in [7, 11) is 0. The number of fused-ring (bicyclic) bond motifs is 4. The molecule has 2 fully saturated rings. The molecule has 2 bridgehead atoms. The van der Waals surface area contributed by atoms with Gasteiger partial charge in [0.05, 0.1) is 6.10 Å². The molecule has 2 unspecified atom stereocenters. The molecule has 4 rings (SSSR count). The first-order chi connectivity index (χ1) is 11.5. The Morgan fingerprint density at radius 1 is 1.42 bits per heavy atom. The number of aromatic hydroxyl groups is 1. The highest BCUT2D eigenvalue weighted by molar-refractivity contribution is 5.44. The second-order valence-electron chi connectivity index (χ2n) is 8.59. The van der Waals surface area contributed by atoms with E-state index in [1.165, 1.54) is 30.4 Å². The zero-order valence-electron chi connectivity index (χ0n) is 15.3. The van der Waals surface area contributed by atoms with E-state index in [4.69, 9.17) is 4.74 Å². The number of ether oxygens (including phenoxy) is 1. The second-order valence-corrected chi connectivity index (χ2v) is 8.59. The lowest BCUT2D eigenvalue weighted by atomic mass is 9.59. The van der Waals surface area contributed by atoms with Gasteiger partial charge in [-0.25, -0.2) is 0 Å². The SMILES string of the molecule is CC(CN1CC[C@@]2(C)c3cc(O)ccc3C[C@@H]1[C@@H]2C)C1CCCO1. The summed E-state index contributed by atoms with van der Waals surface area (Å²) in [6.07, 6.45) is 5.21. The average molecular weight is 329 g/mol. The molecule has 0 saturated carbocycles. The number of hydrogen-bond acceptors (Lipinski definition) is 3. The first-order valence-corrected chi connectivity index (χ1v) is 9.67. The molecule has 5 atom stereocenters. The molecule has 1 aliphatic carbocycles. The molecule has 0 amide bonds. The van der Waals surface area contributed by atoms with Gasteiger partial charge in [-0.15, -0.1) is 0 Å². The van der Waals surface area contributed by atoms with Crippen LogP contribution in [0.25, 0.3) is 0 Å². The number of phenolic OH excluding ortho intramolecular Hbond substituents is 1. The molecule has 3 heteroatoms. The molecule has 3 aliphatic rings. The quantitative estimate of drug-likeness (QED) is 0.917. The Bertz CT molecular complexity index is 610. The van der Waals surface area contributed by atoms with E-state index < -0.39 is 0 Å². The third kappa shape index (κ3) is 2.57. The van der Waals surface area contributed by atoms with Crippen LogP contribution >= 0.6 is 0 Å². The van der Waals surface area contributed by atoms with Crippen molar-refractivity contribution in [1.29, 1.82) is 0 Å². The van der Waals surface area contributed by atoms with Crippen LogP contribution in [-0.4, -0.2) is 41.8 Å². The van der Waals surface area contributed by atoms with Gasteiger partial charge in [0, 0.05) is 19.2 Å². The molecule has 2 aliphatic heterocycles.